The number of alkyl carbamates (subject to hydrolysis) is 1. The molecule has 1 saturated heterocycles. The Bertz CT molecular complexity index is 1200. The molecule has 31 heavy (non-hydrogen) atoms. The molecule has 0 saturated carbocycles. The summed E-state index contributed by atoms with van der Waals surface area (Å²) in [4.78, 5) is 45.7. The molecule has 0 bridgehead atoms. The maximum atomic E-state index is 12.9. The number of carbonyl (C=O) groups is 2. The summed E-state index contributed by atoms with van der Waals surface area (Å²) in [6.07, 6.45) is 1.03. The fraction of sp³-hybridized carbons (Fsp3) is 0.450. The van der Waals surface area contributed by atoms with E-state index in [-0.39, 0.29) is 23.3 Å². The molecule has 0 aliphatic carbocycles. The second kappa shape index (κ2) is 7.80. The molecule has 10 nitrogen and oxygen atoms in total. The van der Waals surface area contributed by atoms with Gasteiger partial charge in [0, 0.05) is 25.6 Å². The van der Waals surface area contributed by atoms with Crippen molar-refractivity contribution in [1.29, 1.82) is 0 Å². The number of likely N-dealkylation sites (tertiary alicyclic amines) is 1. The van der Waals surface area contributed by atoms with Crippen molar-refractivity contribution < 1.29 is 14.3 Å². The van der Waals surface area contributed by atoms with Crippen molar-refractivity contribution in [3.63, 3.8) is 0 Å². The van der Waals surface area contributed by atoms with Crippen molar-refractivity contribution in [2.75, 3.05) is 19.6 Å². The van der Waals surface area contributed by atoms with Gasteiger partial charge in [0.15, 0.2) is 0 Å². The van der Waals surface area contributed by atoms with E-state index in [9.17, 15) is 14.4 Å². The molecule has 4 heterocycles. The highest BCUT2D eigenvalue weighted by molar-refractivity contribution is 7.17. The first-order chi connectivity index (χ1) is 14.6. The number of nitrogens with one attached hydrogen (secondary N) is 2. The number of aromatic amines is 1. The molecule has 3 aromatic rings. The SMILES string of the molecule is Cc1c(C(=O)N2CC(CNC(=O)OC(C)(C)C)C2)cnn1-c1nc2ccsc2c(=O)[nH]1. The second-order valence-corrected chi connectivity index (χ2v) is 9.46. The summed E-state index contributed by atoms with van der Waals surface area (Å²) in [5.74, 6) is 0.303. The van der Waals surface area contributed by atoms with E-state index in [1.807, 2.05) is 20.8 Å². The normalized spacial score (nSPS) is 14.5. The zero-order valence-corrected chi connectivity index (χ0v) is 18.6. The molecule has 0 unspecified atom stereocenters. The van der Waals surface area contributed by atoms with E-state index in [1.54, 1.807) is 23.3 Å². The summed E-state index contributed by atoms with van der Waals surface area (Å²) in [6, 6.07) is 1.77. The van der Waals surface area contributed by atoms with E-state index in [2.05, 4.69) is 20.4 Å². The highest BCUT2D eigenvalue weighted by Crippen LogP contribution is 2.21. The van der Waals surface area contributed by atoms with Crippen LogP contribution in [-0.4, -0.2) is 61.9 Å². The Balaban J connectivity index is 1.39. The summed E-state index contributed by atoms with van der Waals surface area (Å²) in [6.45, 7) is 8.71. The van der Waals surface area contributed by atoms with E-state index in [0.717, 1.165) is 0 Å². The summed E-state index contributed by atoms with van der Waals surface area (Å²) in [5, 5.41) is 8.80. The predicted molar refractivity (Wildman–Crippen MR) is 116 cm³/mol. The number of H-pyrrole nitrogens is 1. The number of fused-ring (bicyclic) bond motifs is 1. The molecule has 4 rings (SSSR count). The summed E-state index contributed by atoms with van der Waals surface area (Å²) >= 11 is 1.32. The van der Waals surface area contributed by atoms with Crippen molar-refractivity contribution in [2.45, 2.75) is 33.3 Å². The third-order valence-electron chi connectivity index (χ3n) is 4.92. The van der Waals surface area contributed by atoms with Crippen LogP contribution in [0.25, 0.3) is 16.2 Å². The molecule has 164 valence electrons. The number of hydrogen-bond donors (Lipinski definition) is 2. The lowest BCUT2D eigenvalue weighted by Crippen LogP contribution is -2.54. The fourth-order valence-electron chi connectivity index (χ4n) is 3.37. The fourth-order valence-corrected chi connectivity index (χ4v) is 4.10. The van der Waals surface area contributed by atoms with Crippen LogP contribution in [0.4, 0.5) is 4.79 Å². The standard InChI is InChI=1S/C20H24N6O4S/c1-11-13(8-22-26(11)18-23-14-5-6-31-15(14)16(27)24-18)17(28)25-9-12(10-25)7-21-19(29)30-20(2,3)4/h5-6,8,12H,7,9-10H2,1-4H3,(H,21,29)(H,23,24,27). The van der Waals surface area contributed by atoms with E-state index in [4.69, 9.17) is 4.74 Å². The molecule has 0 atom stereocenters. The number of carbonyl (C=O) groups excluding carboxylic acids is 2. The molecule has 2 amide bonds. The Kier molecular flexibility index (Phi) is 5.29. The van der Waals surface area contributed by atoms with Crippen LogP contribution >= 0.6 is 11.3 Å². The molecule has 1 aliphatic rings. The minimum Gasteiger partial charge on any atom is -0.444 e. The minimum absolute atomic E-state index is 0.142. The molecule has 3 aromatic heterocycles. The maximum absolute atomic E-state index is 12.9. The first kappa shape index (κ1) is 21.0. The first-order valence-corrected chi connectivity index (χ1v) is 10.8. The number of amides is 2. The van der Waals surface area contributed by atoms with E-state index in [0.29, 0.717) is 41.1 Å². The van der Waals surface area contributed by atoms with Gasteiger partial charge in [0.2, 0.25) is 5.95 Å². The van der Waals surface area contributed by atoms with Gasteiger partial charge in [-0.05, 0) is 39.1 Å². The number of ether oxygens (including phenoxy) is 1. The van der Waals surface area contributed by atoms with Crippen LogP contribution in [0, 0.1) is 12.8 Å². The molecule has 11 heteroatoms. The molecular weight excluding hydrogens is 420 g/mol. The van der Waals surface area contributed by atoms with Gasteiger partial charge in [-0.3, -0.25) is 14.6 Å². The predicted octanol–water partition coefficient (Wildman–Crippen LogP) is 2.08. The van der Waals surface area contributed by atoms with Gasteiger partial charge in [-0.25, -0.2) is 14.5 Å². The Morgan fingerprint density at radius 3 is 2.81 bits per heavy atom. The Labute approximate surface area is 182 Å². The van der Waals surface area contributed by atoms with Gasteiger partial charge in [0.25, 0.3) is 11.5 Å². The summed E-state index contributed by atoms with van der Waals surface area (Å²) in [7, 11) is 0. The molecule has 0 aromatic carbocycles. The van der Waals surface area contributed by atoms with Crippen LogP contribution in [-0.2, 0) is 4.74 Å². The van der Waals surface area contributed by atoms with Gasteiger partial charge >= 0.3 is 6.09 Å². The van der Waals surface area contributed by atoms with Crippen molar-refractivity contribution in [1.82, 2.24) is 30.0 Å². The Hall–Kier alpha value is -3.21. The molecule has 0 radical (unpaired) electrons. The van der Waals surface area contributed by atoms with Gasteiger partial charge in [-0.1, -0.05) is 0 Å². The van der Waals surface area contributed by atoms with Gasteiger partial charge < -0.3 is 15.0 Å². The Morgan fingerprint density at radius 2 is 2.10 bits per heavy atom. The van der Waals surface area contributed by atoms with Crippen LogP contribution in [0.2, 0.25) is 0 Å². The van der Waals surface area contributed by atoms with Crippen LogP contribution in [0.1, 0.15) is 36.8 Å². The average Bonchev–Trinajstić information content (AvgIpc) is 3.25. The number of thiophene rings is 1. The summed E-state index contributed by atoms with van der Waals surface area (Å²) in [5.41, 5.74) is 0.858. The molecular formula is C20H24N6O4S. The number of aromatic nitrogens is 4. The topological polar surface area (TPSA) is 122 Å². The lowest BCUT2D eigenvalue weighted by Gasteiger charge is -2.39. The van der Waals surface area contributed by atoms with Crippen LogP contribution in [0.5, 0.6) is 0 Å². The number of hydrogen-bond acceptors (Lipinski definition) is 7. The van der Waals surface area contributed by atoms with Crippen LogP contribution < -0.4 is 10.9 Å². The van der Waals surface area contributed by atoms with E-state index in [1.165, 1.54) is 22.2 Å². The van der Waals surface area contributed by atoms with E-state index >= 15 is 0 Å². The molecule has 2 N–H and O–H groups in total. The molecule has 1 fully saturated rings. The monoisotopic (exact) mass is 444 g/mol. The van der Waals surface area contributed by atoms with E-state index < -0.39 is 11.7 Å². The zero-order chi connectivity index (χ0) is 22.3. The van der Waals surface area contributed by atoms with Crippen molar-refractivity contribution in [2.24, 2.45) is 5.92 Å². The van der Waals surface area contributed by atoms with Crippen molar-refractivity contribution in [3.05, 3.63) is 39.3 Å². The highest BCUT2D eigenvalue weighted by Gasteiger charge is 2.33. The number of rotatable bonds is 4. The maximum Gasteiger partial charge on any atom is 0.407 e. The summed E-state index contributed by atoms with van der Waals surface area (Å²) < 4.78 is 7.24. The van der Waals surface area contributed by atoms with Gasteiger partial charge in [-0.2, -0.15) is 5.10 Å². The minimum atomic E-state index is -0.545. The van der Waals surface area contributed by atoms with Crippen molar-refractivity contribution in [3.8, 4) is 5.95 Å². The quantitative estimate of drug-likeness (QED) is 0.635. The number of nitrogens with zero attached hydrogens (tertiary/aromatic N) is 4. The third-order valence-corrected chi connectivity index (χ3v) is 5.82. The average molecular weight is 445 g/mol. The van der Waals surface area contributed by atoms with Gasteiger partial charge in [0.1, 0.15) is 10.3 Å². The zero-order valence-electron chi connectivity index (χ0n) is 17.8. The first-order valence-electron chi connectivity index (χ1n) is 9.91. The molecule has 0 spiro atoms. The third kappa shape index (κ3) is 4.31. The van der Waals surface area contributed by atoms with Gasteiger partial charge in [-0.15, -0.1) is 11.3 Å². The lowest BCUT2D eigenvalue weighted by atomic mass is 9.99. The highest BCUT2D eigenvalue weighted by atomic mass is 32.1. The smallest absolute Gasteiger partial charge is 0.407 e. The largest absolute Gasteiger partial charge is 0.444 e. The Morgan fingerprint density at radius 1 is 1.35 bits per heavy atom. The van der Waals surface area contributed by atoms with Crippen molar-refractivity contribution >= 4 is 33.6 Å². The van der Waals surface area contributed by atoms with Crippen LogP contribution in [0.15, 0.2) is 22.4 Å². The second-order valence-electron chi connectivity index (χ2n) is 8.54. The van der Waals surface area contributed by atoms with Crippen LogP contribution in [0.3, 0.4) is 0 Å². The molecule has 1 aliphatic heterocycles. The lowest BCUT2D eigenvalue weighted by molar-refractivity contribution is 0.0420. The van der Waals surface area contributed by atoms with Gasteiger partial charge in [0.05, 0.1) is 23.0 Å².